The van der Waals surface area contributed by atoms with Crippen LogP contribution in [0, 0.1) is 27.7 Å². The molecule has 2 heteroatoms. The first kappa shape index (κ1) is 11.1. The molecule has 0 N–H and O–H groups in total. The maximum Gasteiger partial charge on any atom is 0.0970 e. The van der Waals surface area contributed by atoms with E-state index in [0.29, 0.717) is 0 Å². The Morgan fingerprint density at radius 3 is 2.39 bits per heavy atom. The summed E-state index contributed by atoms with van der Waals surface area (Å²) >= 11 is 0. The Hall–Kier alpha value is -1.96. The highest BCUT2D eigenvalue weighted by Gasteiger charge is 2.12. The maximum atomic E-state index is 4.61. The molecule has 0 spiro atoms. The molecule has 0 bridgehead atoms. The van der Waals surface area contributed by atoms with E-state index < -0.39 is 0 Å². The van der Waals surface area contributed by atoms with Crippen molar-refractivity contribution in [1.82, 2.24) is 9.97 Å². The van der Waals surface area contributed by atoms with Gasteiger partial charge in [0, 0.05) is 23.2 Å². The minimum atomic E-state index is 1.01. The lowest BCUT2D eigenvalue weighted by Crippen LogP contribution is -1.96. The first-order valence-corrected chi connectivity index (χ1v) is 6.21. The van der Waals surface area contributed by atoms with E-state index in [-0.39, 0.29) is 0 Å². The fraction of sp³-hybridized carbons (Fsp3) is 0.250. The monoisotopic (exact) mass is 236 g/mol. The molecule has 18 heavy (non-hydrogen) atoms. The summed E-state index contributed by atoms with van der Waals surface area (Å²) in [4.78, 5) is 9.13. The Labute approximate surface area is 107 Å². The Kier molecular flexibility index (Phi) is 2.34. The van der Waals surface area contributed by atoms with Crippen LogP contribution in [0.2, 0.25) is 0 Å². The van der Waals surface area contributed by atoms with Crippen molar-refractivity contribution in [3.8, 4) is 0 Å². The Bertz CT molecular complexity index is 773. The Morgan fingerprint density at radius 2 is 1.61 bits per heavy atom. The molecule has 0 amide bonds. The summed E-state index contributed by atoms with van der Waals surface area (Å²) in [6.07, 6.45) is 3.79. The van der Waals surface area contributed by atoms with Gasteiger partial charge < -0.3 is 0 Å². The van der Waals surface area contributed by atoms with E-state index in [0.717, 1.165) is 11.0 Å². The minimum Gasteiger partial charge on any atom is -0.254 e. The number of fused-ring (bicyclic) bond motifs is 3. The molecule has 3 rings (SSSR count). The van der Waals surface area contributed by atoms with Crippen LogP contribution in [0.3, 0.4) is 0 Å². The summed E-state index contributed by atoms with van der Waals surface area (Å²) in [5, 5.41) is 2.47. The third kappa shape index (κ3) is 1.35. The summed E-state index contributed by atoms with van der Waals surface area (Å²) < 4.78 is 0. The third-order valence-corrected chi connectivity index (χ3v) is 3.96. The second-order valence-electron chi connectivity index (χ2n) is 4.94. The van der Waals surface area contributed by atoms with E-state index in [2.05, 4.69) is 43.7 Å². The molecule has 2 aromatic heterocycles. The topological polar surface area (TPSA) is 25.8 Å². The zero-order valence-electron chi connectivity index (χ0n) is 11.2. The van der Waals surface area contributed by atoms with Crippen LogP contribution in [0.5, 0.6) is 0 Å². The standard InChI is InChI=1S/C16H16N2/c1-9-8-18-16-14(10(9)2)12(4)11(3)13-6-5-7-17-15(13)16/h5-8H,1-4H3. The lowest BCUT2D eigenvalue weighted by Gasteiger charge is -2.13. The summed E-state index contributed by atoms with van der Waals surface area (Å²) in [6, 6.07) is 4.11. The summed E-state index contributed by atoms with van der Waals surface area (Å²) in [7, 11) is 0. The Morgan fingerprint density at radius 1 is 0.833 bits per heavy atom. The maximum absolute atomic E-state index is 4.61. The van der Waals surface area contributed by atoms with E-state index in [9.17, 15) is 0 Å². The van der Waals surface area contributed by atoms with E-state index in [1.54, 1.807) is 0 Å². The molecule has 0 aliphatic rings. The van der Waals surface area contributed by atoms with Crippen LogP contribution in [-0.4, -0.2) is 9.97 Å². The zero-order chi connectivity index (χ0) is 12.9. The van der Waals surface area contributed by atoms with E-state index in [1.807, 2.05) is 18.5 Å². The highest BCUT2D eigenvalue weighted by Crippen LogP contribution is 2.32. The molecule has 3 aromatic rings. The van der Waals surface area contributed by atoms with Gasteiger partial charge in [-0.25, -0.2) is 0 Å². The van der Waals surface area contributed by atoms with Crippen molar-refractivity contribution in [3.05, 3.63) is 46.8 Å². The van der Waals surface area contributed by atoms with Crippen molar-refractivity contribution in [2.75, 3.05) is 0 Å². The van der Waals surface area contributed by atoms with Crippen LogP contribution < -0.4 is 0 Å². The average Bonchev–Trinajstić information content (AvgIpc) is 2.39. The highest BCUT2D eigenvalue weighted by molar-refractivity contribution is 6.07. The molecule has 0 fully saturated rings. The molecule has 2 heterocycles. The third-order valence-electron chi connectivity index (χ3n) is 3.96. The highest BCUT2D eigenvalue weighted by atomic mass is 14.7. The zero-order valence-corrected chi connectivity index (χ0v) is 11.2. The molecule has 90 valence electrons. The summed E-state index contributed by atoms with van der Waals surface area (Å²) in [6.45, 7) is 8.62. The molecular weight excluding hydrogens is 220 g/mol. The quantitative estimate of drug-likeness (QED) is 0.551. The molecule has 0 aliphatic carbocycles. The van der Waals surface area contributed by atoms with Crippen LogP contribution >= 0.6 is 0 Å². The van der Waals surface area contributed by atoms with Gasteiger partial charge in [0.25, 0.3) is 0 Å². The molecular formula is C16H16N2. The molecule has 0 aliphatic heterocycles. The van der Waals surface area contributed by atoms with Crippen molar-refractivity contribution in [2.45, 2.75) is 27.7 Å². The molecule has 0 saturated carbocycles. The predicted octanol–water partition coefficient (Wildman–Crippen LogP) is 4.02. The fourth-order valence-electron chi connectivity index (χ4n) is 2.62. The number of aryl methyl sites for hydroxylation is 4. The second-order valence-corrected chi connectivity index (χ2v) is 4.94. The van der Waals surface area contributed by atoms with Gasteiger partial charge in [-0.15, -0.1) is 0 Å². The van der Waals surface area contributed by atoms with E-state index >= 15 is 0 Å². The van der Waals surface area contributed by atoms with Crippen molar-refractivity contribution < 1.29 is 0 Å². The second kappa shape index (κ2) is 3.77. The van der Waals surface area contributed by atoms with Crippen LogP contribution in [-0.2, 0) is 0 Å². The summed E-state index contributed by atoms with van der Waals surface area (Å²) in [5.74, 6) is 0. The average molecular weight is 236 g/mol. The number of pyridine rings is 2. The normalized spacial score (nSPS) is 11.3. The number of aromatic nitrogens is 2. The van der Waals surface area contributed by atoms with Gasteiger partial charge >= 0.3 is 0 Å². The van der Waals surface area contributed by atoms with Gasteiger partial charge in [-0.05, 0) is 56.0 Å². The predicted molar refractivity (Wildman–Crippen MR) is 76.0 cm³/mol. The van der Waals surface area contributed by atoms with Crippen molar-refractivity contribution >= 4 is 21.8 Å². The smallest absolute Gasteiger partial charge is 0.0970 e. The number of hydrogen-bond donors (Lipinski definition) is 0. The van der Waals surface area contributed by atoms with Crippen molar-refractivity contribution in [3.63, 3.8) is 0 Å². The number of rotatable bonds is 0. The van der Waals surface area contributed by atoms with Crippen LogP contribution in [0.25, 0.3) is 21.8 Å². The largest absolute Gasteiger partial charge is 0.254 e. The van der Waals surface area contributed by atoms with Crippen molar-refractivity contribution in [2.24, 2.45) is 0 Å². The van der Waals surface area contributed by atoms with Gasteiger partial charge in [-0.3, -0.25) is 9.97 Å². The first-order chi connectivity index (χ1) is 8.61. The SMILES string of the molecule is Cc1cnc2c(c1C)c(C)c(C)c1cccnc12. The lowest BCUT2D eigenvalue weighted by atomic mass is 9.94. The van der Waals surface area contributed by atoms with Crippen molar-refractivity contribution in [1.29, 1.82) is 0 Å². The van der Waals surface area contributed by atoms with E-state index in [1.165, 1.54) is 33.0 Å². The molecule has 0 unspecified atom stereocenters. The van der Waals surface area contributed by atoms with Gasteiger partial charge in [-0.2, -0.15) is 0 Å². The van der Waals surface area contributed by atoms with Crippen LogP contribution in [0.15, 0.2) is 24.5 Å². The molecule has 0 atom stereocenters. The minimum absolute atomic E-state index is 1.01. The Balaban J connectivity index is 2.69. The fourth-order valence-corrected chi connectivity index (χ4v) is 2.62. The number of hydrogen-bond acceptors (Lipinski definition) is 2. The van der Waals surface area contributed by atoms with Crippen LogP contribution in [0.1, 0.15) is 22.3 Å². The van der Waals surface area contributed by atoms with Crippen LogP contribution in [0.4, 0.5) is 0 Å². The van der Waals surface area contributed by atoms with Gasteiger partial charge in [0.15, 0.2) is 0 Å². The van der Waals surface area contributed by atoms with Gasteiger partial charge in [0.05, 0.1) is 11.0 Å². The first-order valence-electron chi connectivity index (χ1n) is 6.21. The van der Waals surface area contributed by atoms with Gasteiger partial charge in [-0.1, -0.05) is 6.07 Å². The molecule has 0 saturated heterocycles. The number of nitrogens with zero attached hydrogens (tertiary/aromatic N) is 2. The van der Waals surface area contributed by atoms with Gasteiger partial charge in [0.2, 0.25) is 0 Å². The molecule has 2 nitrogen and oxygen atoms in total. The molecule has 1 aromatic carbocycles. The molecule has 0 radical (unpaired) electrons. The van der Waals surface area contributed by atoms with E-state index in [4.69, 9.17) is 0 Å². The number of benzene rings is 1. The lowest BCUT2D eigenvalue weighted by molar-refractivity contribution is 1.25. The van der Waals surface area contributed by atoms with Gasteiger partial charge in [0.1, 0.15) is 0 Å². The summed E-state index contributed by atoms with van der Waals surface area (Å²) in [5.41, 5.74) is 7.21.